The third-order valence-electron chi connectivity index (χ3n) is 1.93. The molecule has 0 radical (unpaired) electrons. The van der Waals surface area contributed by atoms with Gasteiger partial charge in [0, 0.05) is 13.0 Å². The molecule has 2 atom stereocenters. The highest BCUT2D eigenvalue weighted by Gasteiger charge is 2.40. The van der Waals surface area contributed by atoms with Crippen molar-refractivity contribution >= 4 is 5.78 Å². The highest BCUT2D eigenvalue weighted by atomic mass is 16.5. The third-order valence-corrected chi connectivity index (χ3v) is 1.93. The maximum absolute atomic E-state index is 11.0. The lowest BCUT2D eigenvalue weighted by Crippen LogP contribution is -2.12. The summed E-state index contributed by atoms with van der Waals surface area (Å²) in [5.41, 5.74) is 5.37. The van der Waals surface area contributed by atoms with E-state index in [1.807, 2.05) is 0 Å². The molecule has 1 rings (SSSR count). The number of hydrogen-bond acceptors (Lipinski definition) is 3. The van der Waals surface area contributed by atoms with Crippen molar-refractivity contribution in [3.8, 4) is 0 Å². The highest BCUT2D eigenvalue weighted by molar-refractivity contribution is 5.84. The van der Waals surface area contributed by atoms with E-state index in [1.54, 1.807) is 0 Å². The van der Waals surface area contributed by atoms with Gasteiger partial charge >= 0.3 is 0 Å². The minimum Gasteiger partial charge on any atom is -0.377 e. The van der Waals surface area contributed by atoms with E-state index in [2.05, 4.69) is 0 Å². The van der Waals surface area contributed by atoms with Crippen molar-refractivity contribution < 1.29 is 9.53 Å². The van der Waals surface area contributed by atoms with Crippen LogP contribution >= 0.6 is 0 Å². The molecule has 0 amide bonds. The number of nitrogens with two attached hydrogens (primary N) is 1. The van der Waals surface area contributed by atoms with Gasteiger partial charge in [0.05, 0.1) is 0 Å². The van der Waals surface area contributed by atoms with Crippen LogP contribution in [0.2, 0.25) is 0 Å². The van der Waals surface area contributed by atoms with Crippen LogP contribution in [0.4, 0.5) is 0 Å². The molecule has 2 N–H and O–H groups in total. The van der Waals surface area contributed by atoms with E-state index in [-0.39, 0.29) is 18.3 Å². The van der Waals surface area contributed by atoms with E-state index in [1.165, 1.54) is 7.11 Å². The van der Waals surface area contributed by atoms with Crippen molar-refractivity contribution in [2.45, 2.75) is 6.42 Å². The van der Waals surface area contributed by atoms with E-state index in [0.717, 1.165) is 6.42 Å². The zero-order valence-corrected chi connectivity index (χ0v) is 6.17. The summed E-state index contributed by atoms with van der Waals surface area (Å²) in [6.07, 6.45) is 0.971. The first kappa shape index (κ1) is 7.69. The molecule has 0 unspecified atom stereocenters. The van der Waals surface area contributed by atoms with Gasteiger partial charge in [0.15, 0.2) is 5.78 Å². The molecule has 3 heteroatoms. The van der Waals surface area contributed by atoms with E-state index in [4.69, 9.17) is 10.5 Å². The third kappa shape index (κ3) is 1.55. The molecule has 10 heavy (non-hydrogen) atoms. The molecular weight excluding hydrogens is 130 g/mol. The number of hydrogen-bond donors (Lipinski definition) is 1. The number of Topliss-reactive ketones (excluding diaryl/α,β-unsaturated/α-hetero) is 1. The maximum atomic E-state index is 11.0. The number of methoxy groups -OCH3 is 1. The Bertz CT molecular complexity index is 136. The van der Waals surface area contributed by atoms with Gasteiger partial charge in [-0.05, 0) is 18.9 Å². The largest absolute Gasteiger partial charge is 0.377 e. The SMILES string of the molecule is COCC(=O)[C@@H]1C[C@@H]1CN. The van der Waals surface area contributed by atoms with Crippen LogP contribution in [0.1, 0.15) is 6.42 Å². The number of rotatable bonds is 4. The zero-order valence-electron chi connectivity index (χ0n) is 6.17. The number of carbonyl (C=O) groups excluding carboxylic acids is 1. The van der Waals surface area contributed by atoms with Crippen LogP contribution < -0.4 is 5.73 Å². The van der Waals surface area contributed by atoms with Crippen LogP contribution in [-0.2, 0) is 9.53 Å². The zero-order chi connectivity index (χ0) is 7.56. The smallest absolute Gasteiger partial charge is 0.161 e. The summed E-state index contributed by atoms with van der Waals surface area (Å²) in [5, 5.41) is 0. The average molecular weight is 143 g/mol. The second kappa shape index (κ2) is 3.12. The van der Waals surface area contributed by atoms with Crippen LogP contribution in [0.15, 0.2) is 0 Å². The van der Waals surface area contributed by atoms with Crippen molar-refractivity contribution in [1.29, 1.82) is 0 Å². The summed E-state index contributed by atoms with van der Waals surface area (Å²) in [6.45, 7) is 0.890. The van der Waals surface area contributed by atoms with Crippen LogP contribution in [0.5, 0.6) is 0 Å². The summed E-state index contributed by atoms with van der Waals surface area (Å²) < 4.78 is 4.71. The minimum atomic E-state index is 0.206. The fourth-order valence-corrected chi connectivity index (χ4v) is 1.15. The molecule has 0 spiro atoms. The first-order chi connectivity index (χ1) is 4.79. The first-order valence-electron chi connectivity index (χ1n) is 3.51. The van der Waals surface area contributed by atoms with Crippen molar-refractivity contribution in [3.05, 3.63) is 0 Å². The summed E-state index contributed by atoms with van der Waals surface area (Å²) in [5.74, 6) is 0.866. The molecule has 0 bridgehead atoms. The summed E-state index contributed by atoms with van der Waals surface area (Å²) in [7, 11) is 1.54. The van der Waals surface area contributed by atoms with E-state index in [0.29, 0.717) is 12.5 Å². The quantitative estimate of drug-likeness (QED) is 0.592. The number of ketones is 1. The Balaban J connectivity index is 2.19. The Morgan fingerprint density at radius 2 is 2.50 bits per heavy atom. The summed E-state index contributed by atoms with van der Waals surface area (Å²) in [4.78, 5) is 11.0. The Kier molecular flexibility index (Phi) is 2.40. The van der Waals surface area contributed by atoms with E-state index < -0.39 is 0 Å². The van der Waals surface area contributed by atoms with Crippen molar-refractivity contribution in [1.82, 2.24) is 0 Å². The Labute approximate surface area is 60.5 Å². The molecule has 1 fully saturated rings. The molecule has 3 nitrogen and oxygen atoms in total. The first-order valence-corrected chi connectivity index (χ1v) is 3.51. The van der Waals surface area contributed by atoms with Crippen molar-refractivity contribution in [2.24, 2.45) is 17.6 Å². The van der Waals surface area contributed by atoms with E-state index in [9.17, 15) is 4.79 Å². The predicted octanol–water partition coefficient (Wildman–Crippen LogP) is -0.203. The lowest BCUT2D eigenvalue weighted by atomic mass is 10.2. The van der Waals surface area contributed by atoms with E-state index >= 15 is 0 Å². The minimum absolute atomic E-state index is 0.206. The van der Waals surface area contributed by atoms with Gasteiger partial charge in [0.25, 0.3) is 0 Å². The second-order valence-electron chi connectivity index (χ2n) is 2.74. The summed E-state index contributed by atoms with van der Waals surface area (Å²) >= 11 is 0. The lowest BCUT2D eigenvalue weighted by molar-refractivity contribution is -0.124. The Hall–Kier alpha value is -0.410. The molecule has 0 aromatic rings. The van der Waals surface area contributed by atoms with Gasteiger partial charge < -0.3 is 10.5 Å². The fourth-order valence-electron chi connectivity index (χ4n) is 1.15. The molecule has 0 aliphatic heterocycles. The van der Waals surface area contributed by atoms with Gasteiger partial charge in [0.2, 0.25) is 0 Å². The van der Waals surface area contributed by atoms with Crippen LogP contribution in [0.25, 0.3) is 0 Å². The second-order valence-corrected chi connectivity index (χ2v) is 2.74. The molecule has 0 heterocycles. The summed E-state index contributed by atoms with van der Waals surface area (Å²) in [6, 6.07) is 0. The van der Waals surface area contributed by atoms with Crippen molar-refractivity contribution in [2.75, 3.05) is 20.3 Å². The molecular formula is C7H13NO2. The normalized spacial score (nSPS) is 30.2. The standard InChI is InChI=1S/C7H13NO2/c1-10-4-7(9)6-2-5(6)3-8/h5-6H,2-4,8H2,1H3/t5-,6-/m1/s1. The Morgan fingerprint density at radius 3 is 2.90 bits per heavy atom. The van der Waals surface area contributed by atoms with Gasteiger partial charge in [0.1, 0.15) is 6.61 Å². The highest BCUT2D eigenvalue weighted by Crippen LogP contribution is 2.37. The van der Waals surface area contributed by atoms with Gasteiger partial charge in [-0.25, -0.2) is 0 Å². The molecule has 0 aromatic carbocycles. The van der Waals surface area contributed by atoms with Gasteiger partial charge in [-0.15, -0.1) is 0 Å². The monoisotopic (exact) mass is 143 g/mol. The molecule has 58 valence electrons. The maximum Gasteiger partial charge on any atom is 0.161 e. The van der Waals surface area contributed by atoms with Crippen molar-refractivity contribution in [3.63, 3.8) is 0 Å². The Morgan fingerprint density at radius 1 is 1.80 bits per heavy atom. The van der Waals surface area contributed by atoms with Gasteiger partial charge in [-0.3, -0.25) is 4.79 Å². The average Bonchev–Trinajstić information content (AvgIpc) is 2.66. The number of carbonyl (C=O) groups is 1. The topological polar surface area (TPSA) is 52.3 Å². The molecule has 1 saturated carbocycles. The van der Waals surface area contributed by atoms with Crippen LogP contribution in [-0.4, -0.2) is 26.0 Å². The predicted molar refractivity (Wildman–Crippen MR) is 37.5 cm³/mol. The number of ether oxygens (including phenoxy) is 1. The fraction of sp³-hybridized carbons (Fsp3) is 0.857. The molecule has 1 aliphatic rings. The molecule has 0 saturated heterocycles. The van der Waals surface area contributed by atoms with Gasteiger partial charge in [-0.2, -0.15) is 0 Å². The molecule has 0 aromatic heterocycles. The van der Waals surface area contributed by atoms with Gasteiger partial charge in [-0.1, -0.05) is 0 Å². The van der Waals surface area contributed by atoms with Crippen LogP contribution in [0.3, 0.4) is 0 Å². The molecule has 1 aliphatic carbocycles. The van der Waals surface area contributed by atoms with Crippen LogP contribution in [0, 0.1) is 11.8 Å². The lowest BCUT2D eigenvalue weighted by Gasteiger charge is -1.95.